The van der Waals surface area contributed by atoms with Gasteiger partial charge in [-0.3, -0.25) is 14.3 Å². The number of primary amides is 1. The van der Waals surface area contributed by atoms with E-state index in [1.54, 1.807) is 31.2 Å². The summed E-state index contributed by atoms with van der Waals surface area (Å²) in [4.78, 5) is 29.5. The molecule has 3 heterocycles. The van der Waals surface area contributed by atoms with Crippen LogP contribution in [0.5, 0.6) is 0 Å². The molecule has 1 aliphatic rings. The average molecular weight is 538 g/mol. The van der Waals surface area contributed by atoms with Gasteiger partial charge in [0.2, 0.25) is 15.9 Å². The van der Waals surface area contributed by atoms with E-state index in [4.69, 9.17) is 11.0 Å². The molecule has 11 nitrogen and oxygen atoms in total. The monoisotopic (exact) mass is 537 g/mol. The number of aryl methyl sites for hydroxylation is 1. The third-order valence-corrected chi connectivity index (χ3v) is 8.88. The summed E-state index contributed by atoms with van der Waals surface area (Å²) >= 11 is 0. The molecule has 0 bridgehead atoms. The lowest BCUT2D eigenvalue weighted by atomic mass is 9.98. The topological polar surface area (TPSA) is 164 Å². The van der Waals surface area contributed by atoms with Crippen LogP contribution < -0.4 is 11.1 Å². The molecule has 1 saturated heterocycles. The Balaban J connectivity index is 1.44. The molecule has 1 aliphatic heterocycles. The Kier molecular flexibility index (Phi) is 8.08. The number of hydrogen-bond acceptors (Lipinski definition) is 7. The number of nitriles is 1. The SMILES string of the molecule is Cc1nn(CC2CCN(S(=O)(=O)CCCC#N)CC2)c(C)c1NC(=O)c1cc(C(N)=O)c2ccccc2n1. The summed E-state index contributed by atoms with van der Waals surface area (Å²) in [5.41, 5.74) is 8.33. The number of pyridine rings is 1. The molecule has 2 amide bonds. The fraction of sp³-hybridized carbons (Fsp3) is 0.423. The van der Waals surface area contributed by atoms with Crippen molar-refractivity contribution in [2.75, 3.05) is 24.2 Å². The van der Waals surface area contributed by atoms with Gasteiger partial charge in [-0.2, -0.15) is 10.4 Å². The molecule has 0 spiro atoms. The average Bonchev–Trinajstić information content (AvgIpc) is 3.15. The van der Waals surface area contributed by atoms with Crippen LogP contribution in [0.1, 0.15) is 57.9 Å². The van der Waals surface area contributed by atoms with Crippen molar-refractivity contribution in [2.24, 2.45) is 11.7 Å². The third kappa shape index (κ3) is 5.84. The molecule has 0 saturated carbocycles. The second-order valence-corrected chi connectivity index (χ2v) is 11.6. The molecular weight excluding hydrogens is 506 g/mol. The normalized spacial score (nSPS) is 14.9. The van der Waals surface area contributed by atoms with Gasteiger partial charge in [0.15, 0.2) is 0 Å². The van der Waals surface area contributed by atoms with Crippen molar-refractivity contribution >= 4 is 38.4 Å². The van der Waals surface area contributed by atoms with Gasteiger partial charge >= 0.3 is 0 Å². The Hall–Kier alpha value is -3.82. The number of fused-ring (bicyclic) bond motifs is 1. The number of piperidine rings is 1. The summed E-state index contributed by atoms with van der Waals surface area (Å²) in [5.74, 6) is -0.876. The molecule has 1 aromatic carbocycles. The first-order valence-corrected chi connectivity index (χ1v) is 14.1. The molecule has 0 radical (unpaired) electrons. The van der Waals surface area contributed by atoms with E-state index >= 15 is 0 Å². The predicted molar refractivity (Wildman–Crippen MR) is 143 cm³/mol. The molecule has 2 aromatic heterocycles. The Morgan fingerprint density at radius 2 is 1.92 bits per heavy atom. The van der Waals surface area contributed by atoms with E-state index in [9.17, 15) is 18.0 Å². The van der Waals surface area contributed by atoms with E-state index in [1.807, 2.05) is 17.7 Å². The maximum absolute atomic E-state index is 13.1. The Labute approximate surface area is 221 Å². The summed E-state index contributed by atoms with van der Waals surface area (Å²) in [6.45, 7) is 5.16. The van der Waals surface area contributed by atoms with E-state index < -0.39 is 21.8 Å². The summed E-state index contributed by atoms with van der Waals surface area (Å²) < 4.78 is 28.4. The van der Waals surface area contributed by atoms with Gasteiger partial charge < -0.3 is 11.1 Å². The zero-order valence-corrected chi connectivity index (χ0v) is 22.3. The largest absolute Gasteiger partial charge is 0.366 e. The minimum atomic E-state index is -3.35. The van der Waals surface area contributed by atoms with Gasteiger partial charge in [0.1, 0.15) is 5.69 Å². The van der Waals surface area contributed by atoms with Crippen molar-refractivity contribution in [3.05, 3.63) is 53.0 Å². The van der Waals surface area contributed by atoms with Crippen molar-refractivity contribution < 1.29 is 18.0 Å². The first-order chi connectivity index (χ1) is 18.1. The van der Waals surface area contributed by atoms with Crippen LogP contribution in [0.3, 0.4) is 0 Å². The number of benzene rings is 1. The summed E-state index contributed by atoms with van der Waals surface area (Å²) in [5, 5.41) is 16.7. The van der Waals surface area contributed by atoms with E-state index in [-0.39, 0.29) is 29.3 Å². The zero-order valence-electron chi connectivity index (χ0n) is 21.5. The van der Waals surface area contributed by atoms with Crippen LogP contribution in [-0.4, -0.2) is 58.1 Å². The number of rotatable bonds is 9. The Morgan fingerprint density at radius 1 is 1.21 bits per heavy atom. The summed E-state index contributed by atoms with van der Waals surface area (Å²) in [7, 11) is -3.35. The van der Waals surface area contributed by atoms with Gasteiger partial charge in [-0.25, -0.2) is 17.7 Å². The second kappa shape index (κ2) is 11.3. The number of anilines is 1. The fourth-order valence-corrected chi connectivity index (χ4v) is 6.34. The molecule has 0 unspecified atom stereocenters. The minimum Gasteiger partial charge on any atom is -0.366 e. The van der Waals surface area contributed by atoms with Gasteiger partial charge in [0.05, 0.1) is 40.0 Å². The van der Waals surface area contributed by atoms with Gasteiger partial charge in [-0.15, -0.1) is 0 Å². The standard InChI is InChI=1S/C26H31N7O4S/c1-17-24(30-26(35)23-15-21(25(28)34)20-7-3-4-8-22(20)29-23)18(2)33(31-17)16-19-9-12-32(13-10-19)38(36,37)14-6-5-11-27/h3-4,7-8,15,19H,5-6,9-10,12-14,16H2,1-2H3,(H2,28,34)(H,30,35). The van der Waals surface area contributed by atoms with E-state index in [2.05, 4.69) is 15.4 Å². The van der Waals surface area contributed by atoms with Crippen LogP contribution in [-0.2, 0) is 16.6 Å². The smallest absolute Gasteiger partial charge is 0.274 e. The molecule has 4 rings (SSSR count). The number of nitrogens with one attached hydrogen (secondary N) is 1. The van der Waals surface area contributed by atoms with Crippen LogP contribution in [0.2, 0.25) is 0 Å². The van der Waals surface area contributed by atoms with Gasteiger partial charge in [0, 0.05) is 31.4 Å². The maximum Gasteiger partial charge on any atom is 0.274 e. The summed E-state index contributed by atoms with van der Waals surface area (Å²) in [6, 6.07) is 10.4. The van der Waals surface area contributed by atoms with Crippen LogP contribution >= 0.6 is 0 Å². The molecule has 200 valence electrons. The Morgan fingerprint density at radius 3 is 2.61 bits per heavy atom. The lowest BCUT2D eigenvalue weighted by molar-refractivity contribution is 0.100. The van der Waals surface area contributed by atoms with Gasteiger partial charge in [-0.05, 0) is 51.2 Å². The highest BCUT2D eigenvalue weighted by Gasteiger charge is 2.28. The second-order valence-electron chi connectivity index (χ2n) is 9.54. The number of carbonyl (C=O) groups excluding carboxylic acids is 2. The van der Waals surface area contributed by atoms with Crippen LogP contribution in [0.25, 0.3) is 10.9 Å². The van der Waals surface area contributed by atoms with Gasteiger partial charge in [-0.1, -0.05) is 18.2 Å². The van der Waals surface area contributed by atoms with Crippen molar-refractivity contribution in [3.8, 4) is 6.07 Å². The lowest BCUT2D eigenvalue weighted by Crippen LogP contribution is -2.40. The minimum absolute atomic E-state index is 0.00125. The number of nitrogens with zero attached hydrogens (tertiary/aromatic N) is 5. The number of carbonyl (C=O) groups is 2. The number of hydrogen-bond donors (Lipinski definition) is 2. The molecule has 0 aliphatic carbocycles. The summed E-state index contributed by atoms with van der Waals surface area (Å²) in [6.07, 6.45) is 1.98. The molecule has 12 heteroatoms. The van der Waals surface area contributed by atoms with E-state index in [1.165, 1.54) is 10.4 Å². The molecular formula is C26H31N7O4S. The molecule has 3 aromatic rings. The van der Waals surface area contributed by atoms with Crippen molar-refractivity contribution in [3.63, 3.8) is 0 Å². The van der Waals surface area contributed by atoms with Crippen molar-refractivity contribution in [1.82, 2.24) is 19.1 Å². The van der Waals surface area contributed by atoms with Crippen molar-refractivity contribution in [1.29, 1.82) is 5.26 Å². The first-order valence-electron chi connectivity index (χ1n) is 12.5. The highest BCUT2D eigenvalue weighted by atomic mass is 32.2. The molecule has 0 atom stereocenters. The van der Waals surface area contributed by atoms with E-state index in [0.717, 1.165) is 5.69 Å². The first kappa shape index (κ1) is 27.2. The maximum atomic E-state index is 13.1. The quantitative estimate of drug-likeness (QED) is 0.396. The fourth-order valence-electron chi connectivity index (χ4n) is 4.81. The highest BCUT2D eigenvalue weighted by Crippen LogP contribution is 2.26. The Bertz CT molecular complexity index is 1520. The van der Waals surface area contributed by atoms with Crippen LogP contribution in [0, 0.1) is 31.1 Å². The van der Waals surface area contributed by atoms with Crippen LogP contribution in [0.15, 0.2) is 30.3 Å². The number of unbranched alkanes of at least 4 members (excludes halogenated alkanes) is 1. The van der Waals surface area contributed by atoms with Crippen LogP contribution in [0.4, 0.5) is 5.69 Å². The third-order valence-electron chi connectivity index (χ3n) is 6.92. The molecule has 1 fully saturated rings. The van der Waals surface area contributed by atoms with Gasteiger partial charge in [0.25, 0.3) is 5.91 Å². The van der Waals surface area contributed by atoms with Crippen molar-refractivity contribution in [2.45, 2.75) is 46.1 Å². The molecule has 3 N–H and O–H groups in total. The molecule has 38 heavy (non-hydrogen) atoms. The number of aromatic nitrogens is 3. The number of sulfonamides is 1. The van der Waals surface area contributed by atoms with E-state index in [0.29, 0.717) is 61.2 Å². The number of para-hydroxylation sites is 1. The highest BCUT2D eigenvalue weighted by molar-refractivity contribution is 7.89. The lowest BCUT2D eigenvalue weighted by Gasteiger charge is -2.31. The predicted octanol–water partition coefficient (Wildman–Crippen LogP) is 2.74. The number of amides is 2. The zero-order chi connectivity index (χ0) is 27.4. The number of nitrogens with two attached hydrogens (primary N) is 1.